The lowest BCUT2D eigenvalue weighted by molar-refractivity contribution is 0.102. The third kappa shape index (κ3) is 2.77. The van der Waals surface area contributed by atoms with Crippen LogP contribution in [0.25, 0.3) is 0 Å². The number of carbonyl (C=O) groups is 1. The number of benzene rings is 1. The summed E-state index contributed by atoms with van der Waals surface area (Å²) < 4.78 is 3.85. The summed E-state index contributed by atoms with van der Waals surface area (Å²) in [4.78, 5) is 12.0. The lowest BCUT2D eigenvalue weighted by Crippen LogP contribution is -2.12. The lowest BCUT2D eigenvalue weighted by Gasteiger charge is -2.04. The Hall–Kier alpha value is -1.11. The Bertz CT molecular complexity index is 598. The number of hydrogen-bond acceptors (Lipinski definition) is 4. The number of anilines is 1. The molecule has 0 aliphatic heterocycles. The first-order chi connectivity index (χ1) is 8.08. The summed E-state index contributed by atoms with van der Waals surface area (Å²) in [5.74, 6) is -0.235. The van der Waals surface area contributed by atoms with Crippen LogP contribution in [0.3, 0.4) is 0 Å². The van der Waals surface area contributed by atoms with E-state index in [0.29, 0.717) is 14.4 Å². The van der Waals surface area contributed by atoms with Crippen LogP contribution in [0.1, 0.15) is 15.9 Å². The molecule has 2 rings (SSSR count). The Labute approximate surface area is 113 Å². The molecule has 1 aromatic carbocycles. The van der Waals surface area contributed by atoms with Crippen molar-refractivity contribution in [2.75, 3.05) is 5.32 Å². The molecule has 0 bridgehead atoms. The van der Waals surface area contributed by atoms with Gasteiger partial charge in [-0.05, 0) is 19.1 Å². The van der Waals surface area contributed by atoms with Gasteiger partial charge in [-0.1, -0.05) is 41.4 Å². The van der Waals surface area contributed by atoms with E-state index in [1.807, 2.05) is 31.2 Å². The molecule has 0 spiro atoms. The maximum absolute atomic E-state index is 12.0. The van der Waals surface area contributed by atoms with Gasteiger partial charge >= 0.3 is 0 Å². The Balaban J connectivity index is 2.23. The average molecular weight is 282 g/mol. The number of hydrogen-bond donors (Lipinski definition) is 3. The fourth-order valence-electron chi connectivity index (χ4n) is 1.32. The second-order valence-electron chi connectivity index (χ2n) is 3.53. The van der Waals surface area contributed by atoms with E-state index in [0.717, 1.165) is 11.3 Å². The lowest BCUT2D eigenvalue weighted by atomic mass is 10.2. The summed E-state index contributed by atoms with van der Waals surface area (Å²) in [5, 5.41) is 2.79. The van der Waals surface area contributed by atoms with Crippen molar-refractivity contribution in [3.8, 4) is 0 Å². The molecule has 2 N–H and O–H groups in total. The van der Waals surface area contributed by atoms with Gasteiger partial charge in [-0.25, -0.2) is 0 Å². The standard InChI is InChI=1S/C11H10N2OS3/c1-6-2-4-7(5-3-6)12-9(14)8-10(15)13-17-11(8)16/h2-5,16H,1H3,(H,12,14)(H,13,15). The third-order valence-electron chi connectivity index (χ3n) is 2.22. The molecule has 0 fully saturated rings. The van der Waals surface area contributed by atoms with Gasteiger partial charge in [0.1, 0.15) is 10.2 Å². The highest BCUT2D eigenvalue weighted by Crippen LogP contribution is 2.21. The van der Waals surface area contributed by atoms with Gasteiger partial charge in [0.05, 0.1) is 4.21 Å². The number of aromatic nitrogens is 1. The first-order valence-electron chi connectivity index (χ1n) is 4.86. The number of amides is 1. The Morgan fingerprint density at radius 2 is 2.06 bits per heavy atom. The second-order valence-corrected chi connectivity index (χ2v) is 5.51. The van der Waals surface area contributed by atoms with Gasteiger partial charge < -0.3 is 9.69 Å². The number of carbonyl (C=O) groups excluding carboxylic acids is 1. The van der Waals surface area contributed by atoms with E-state index >= 15 is 0 Å². The van der Waals surface area contributed by atoms with E-state index in [1.54, 1.807) is 0 Å². The van der Waals surface area contributed by atoms with E-state index in [-0.39, 0.29) is 5.91 Å². The number of nitrogens with one attached hydrogen (secondary N) is 2. The van der Waals surface area contributed by atoms with Gasteiger partial charge in [0.25, 0.3) is 5.91 Å². The predicted octanol–water partition coefficient (Wildman–Crippen LogP) is 3.66. The minimum absolute atomic E-state index is 0.235. The molecule has 3 nitrogen and oxygen atoms in total. The molecule has 0 atom stereocenters. The minimum Gasteiger partial charge on any atom is -0.322 e. The first kappa shape index (κ1) is 12.3. The summed E-state index contributed by atoms with van der Waals surface area (Å²) in [5.41, 5.74) is 2.31. The zero-order valence-corrected chi connectivity index (χ0v) is 11.5. The molecular formula is C11H10N2OS3. The molecule has 0 saturated heterocycles. The van der Waals surface area contributed by atoms with Crippen molar-refractivity contribution in [3.63, 3.8) is 0 Å². The molecule has 17 heavy (non-hydrogen) atoms. The molecule has 0 aliphatic rings. The van der Waals surface area contributed by atoms with Gasteiger partial charge in [0, 0.05) is 5.69 Å². The van der Waals surface area contributed by atoms with Crippen LogP contribution in [0.15, 0.2) is 28.5 Å². The van der Waals surface area contributed by atoms with Crippen LogP contribution in [-0.4, -0.2) is 10.3 Å². The van der Waals surface area contributed by atoms with E-state index in [9.17, 15) is 4.79 Å². The molecule has 0 radical (unpaired) electrons. The van der Waals surface area contributed by atoms with E-state index in [2.05, 4.69) is 22.3 Å². The zero-order chi connectivity index (χ0) is 12.4. The van der Waals surface area contributed by atoms with E-state index in [4.69, 9.17) is 12.2 Å². The van der Waals surface area contributed by atoms with Crippen molar-refractivity contribution in [2.24, 2.45) is 0 Å². The molecule has 0 unspecified atom stereocenters. The maximum Gasteiger partial charge on any atom is 0.260 e. The Morgan fingerprint density at radius 1 is 1.41 bits per heavy atom. The fraction of sp³-hybridized carbons (Fsp3) is 0.0909. The summed E-state index contributed by atoms with van der Waals surface area (Å²) in [6.07, 6.45) is 0. The van der Waals surface area contributed by atoms with Crippen molar-refractivity contribution in [1.82, 2.24) is 4.37 Å². The highest BCUT2D eigenvalue weighted by molar-refractivity contribution is 7.83. The smallest absolute Gasteiger partial charge is 0.260 e. The van der Waals surface area contributed by atoms with Crippen LogP contribution >= 0.6 is 36.4 Å². The summed E-state index contributed by atoms with van der Waals surface area (Å²) in [6, 6.07) is 7.58. The van der Waals surface area contributed by atoms with Gasteiger partial charge in [-0.2, -0.15) is 0 Å². The quantitative estimate of drug-likeness (QED) is 0.581. The normalized spacial score (nSPS) is 10.2. The molecule has 2 aromatic rings. The third-order valence-corrected chi connectivity index (χ3v) is 3.85. The number of H-pyrrole nitrogens is 1. The summed E-state index contributed by atoms with van der Waals surface area (Å²) >= 11 is 10.5. The number of aryl methyl sites for hydroxylation is 1. The molecule has 88 valence electrons. The fourth-order valence-corrected chi connectivity index (χ4v) is 2.72. The number of rotatable bonds is 2. The van der Waals surface area contributed by atoms with Crippen LogP contribution in [0.5, 0.6) is 0 Å². The minimum atomic E-state index is -0.235. The maximum atomic E-state index is 12.0. The molecule has 0 aliphatic carbocycles. The van der Waals surface area contributed by atoms with Crippen molar-refractivity contribution in [2.45, 2.75) is 11.1 Å². The first-order valence-corrected chi connectivity index (χ1v) is 6.53. The second kappa shape index (κ2) is 5.03. The van der Waals surface area contributed by atoms with Crippen LogP contribution in [-0.2, 0) is 0 Å². The largest absolute Gasteiger partial charge is 0.322 e. The van der Waals surface area contributed by atoms with Gasteiger partial charge in [-0.3, -0.25) is 4.79 Å². The van der Waals surface area contributed by atoms with Crippen LogP contribution in [0.4, 0.5) is 5.69 Å². The van der Waals surface area contributed by atoms with E-state index < -0.39 is 0 Å². The molecule has 6 heteroatoms. The molecule has 1 aromatic heterocycles. The van der Waals surface area contributed by atoms with Gasteiger partial charge in [0.15, 0.2) is 0 Å². The van der Waals surface area contributed by atoms with Crippen LogP contribution < -0.4 is 5.32 Å². The SMILES string of the molecule is Cc1ccc(NC(=O)c2c(S)s[nH]c2=S)cc1. The molecular weight excluding hydrogens is 272 g/mol. The number of thiol groups is 1. The summed E-state index contributed by atoms with van der Waals surface area (Å²) in [7, 11) is 0. The highest BCUT2D eigenvalue weighted by Gasteiger charge is 2.14. The zero-order valence-electron chi connectivity index (χ0n) is 8.98. The van der Waals surface area contributed by atoms with Crippen LogP contribution in [0, 0.1) is 11.6 Å². The summed E-state index contributed by atoms with van der Waals surface area (Å²) in [6.45, 7) is 1.99. The monoisotopic (exact) mass is 282 g/mol. The topological polar surface area (TPSA) is 44.9 Å². The molecule has 0 saturated carbocycles. The van der Waals surface area contributed by atoms with Crippen molar-refractivity contribution in [1.29, 1.82) is 0 Å². The van der Waals surface area contributed by atoms with Crippen LogP contribution in [0.2, 0.25) is 0 Å². The Kier molecular flexibility index (Phi) is 3.66. The average Bonchev–Trinajstić information content (AvgIpc) is 2.62. The predicted molar refractivity (Wildman–Crippen MR) is 75.9 cm³/mol. The molecule has 1 heterocycles. The van der Waals surface area contributed by atoms with Crippen molar-refractivity contribution in [3.05, 3.63) is 40.0 Å². The van der Waals surface area contributed by atoms with Crippen molar-refractivity contribution < 1.29 is 4.79 Å². The highest BCUT2D eigenvalue weighted by atomic mass is 32.2. The Morgan fingerprint density at radius 3 is 2.59 bits per heavy atom. The van der Waals surface area contributed by atoms with Gasteiger partial charge in [-0.15, -0.1) is 12.6 Å². The van der Waals surface area contributed by atoms with Crippen molar-refractivity contribution >= 4 is 48.0 Å². The molecule has 1 amide bonds. The van der Waals surface area contributed by atoms with Gasteiger partial charge in [0.2, 0.25) is 0 Å². The number of aromatic amines is 1. The van der Waals surface area contributed by atoms with E-state index in [1.165, 1.54) is 11.5 Å².